The van der Waals surface area contributed by atoms with E-state index in [-0.39, 0.29) is 11.9 Å². The number of H-pyrrole nitrogens is 1. The number of aliphatic hydroxyl groups excluding tert-OH is 1. The van der Waals surface area contributed by atoms with E-state index in [0.29, 0.717) is 24.6 Å². The van der Waals surface area contributed by atoms with Gasteiger partial charge < -0.3 is 14.7 Å². The number of piperidine rings is 1. The Kier molecular flexibility index (Phi) is 6.08. The second kappa shape index (κ2) is 9.67. The third-order valence-electron chi connectivity index (χ3n) is 7.10. The maximum atomic E-state index is 12.1. The summed E-state index contributed by atoms with van der Waals surface area (Å²) in [4.78, 5) is 25.5. The van der Waals surface area contributed by atoms with Crippen LogP contribution in [0.3, 0.4) is 0 Å². The number of amides is 1. The first-order chi connectivity index (χ1) is 17.6. The van der Waals surface area contributed by atoms with Gasteiger partial charge in [0.25, 0.3) is 5.91 Å². The molecule has 2 aliphatic rings. The van der Waals surface area contributed by atoms with Crippen molar-refractivity contribution >= 4 is 16.8 Å². The summed E-state index contributed by atoms with van der Waals surface area (Å²) < 4.78 is 5.95. The van der Waals surface area contributed by atoms with E-state index in [9.17, 15) is 9.90 Å². The van der Waals surface area contributed by atoms with Crippen molar-refractivity contribution in [3.63, 3.8) is 0 Å². The molecule has 1 amide bonds. The number of carbonyl (C=O) groups excluding carboxylic acids is 1. The maximum Gasteiger partial charge on any atom is 0.251 e. The molecular weight excluding hydrogens is 456 g/mol. The zero-order valence-electron chi connectivity index (χ0n) is 19.9. The number of fused-ring (bicyclic) bond motifs is 1. The summed E-state index contributed by atoms with van der Waals surface area (Å²) in [5, 5.41) is 17.7. The average molecular weight is 485 g/mol. The van der Waals surface area contributed by atoms with Crippen LogP contribution >= 0.6 is 0 Å². The fourth-order valence-corrected chi connectivity index (χ4v) is 5.13. The number of nitrogens with one attached hydrogen (secondary N) is 1. The van der Waals surface area contributed by atoms with Crippen molar-refractivity contribution in [3.05, 3.63) is 66.6 Å². The van der Waals surface area contributed by atoms with Crippen molar-refractivity contribution in [2.24, 2.45) is 0 Å². The van der Waals surface area contributed by atoms with Crippen molar-refractivity contribution in [1.82, 2.24) is 30.0 Å². The molecular formula is C27H28N6O3. The summed E-state index contributed by atoms with van der Waals surface area (Å²) in [6, 6.07) is 14.0. The number of aromatic amines is 1. The van der Waals surface area contributed by atoms with Crippen LogP contribution in [0.4, 0.5) is 0 Å². The van der Waals surface area contributed by atoms with Crippen LogP contribution in [0, 0.1) is 0 Å². The SMILES string of the molecule is O=C1C(O)CCN1C1CCN(Cc2cnc3cc(Oc4ccc(-c5ccn[nH]5)cn4)ccc3c2)CC1. The predicted octanol–water partition coefficient (Wildman–Crippen LogP) is 3.37. The van der Waals surface area contributed by atoms with Crippen LogP contribution in [0.15, 0.2) is 61.1 Å². The number of carbonyl (C=O) groups is 1. The van der Waals surface area contributed by atoms with E-state index in [0.717, 1.165) is 54.6 Å². The normalized spacial score (nSPS) is 19.3. The molecule has 1 unspecified atom stereocenters. The van der Waals surface area contributed by atoms with Gasteiger partial charge in [-0.05, 0) is 55.2 Å². The van der Waals surface area contributed by atoms with Gasteiger partial charge in [0, 0.05) is 73.9 Å². The Morgan fingerprint density at radius 2 is 1.89 bits per heavy atom. The molecule has 0 spiro atoms. The first kappa shape index (κ1) is 22.6. The lowest BCUT2D eigenvalue weighted by Gasteiger charge is -2.36. The minimum absolute atomic E-state index is 0.0996. The Morgan fingerprint density at radius 3 is 2.61 bits per heavy atom. The quantitative estimate of drug-likeness (QED) is 0.432. The van der Waals surface area contributed by atoms with Crippen LogP contribution in [-0.2, 0) is 11.3 Å². The first-order valence-electron chi connectivity index (χ1n) is 12.4. The molecule has 184 valence electrons. The van der Waals surface area contributed by atoms with E-state index in [1.54, 1.807) is 12.4 Å². The standard InChI is InChI=1S/C27H28N6O3/c34-25-8-12-33(27(25)35)21-6-10-32(11-7-21)17-18-13-19-1-3-22(14-24(19)28-15-18)36-26-4-2-20(16-29-26)23-5-9-30-31-23/h1-5,9,13-16,21,25,34H,6-8,10-12,17H2,(H,30,31). The summed E-state index contributed by atoms with van der Waals surface area (Å²) >= 11 is 0. The first-order valence-corrected chi connectivity index (χ1v) is 12.4. The molecule has 2 N–H and O–H groups in total. The molecule has 36 heavy (non-hydrogen) atoms. The second-order valence-corrected chi connectivity index (χ2v) is 9.50. The van der Waals surface area contributed by atoms with Crippen LogP contribution < -0.4 is 4.74 Å². The van der Waals surface area contributed by atoms with E-state index < -0.39 is 6.10 Å². The largest absolute Gasteiger partial charge is 0.439 e. The van der Waals surface area contributed by atoms with Crippen molar-refractivity contribution in [1.29, 1.82) is 0 Å². The van der Waals surface area contributed by atoms with Gasteiger partial charge in [-0.15, -0.1) is 0 Å². The van der Waals surface area contributed by atoms with E-state index in [1.807, 2.05) is 47.5 Å². The molecule has 5 heterocycles. The molecule has 9 nitrogen and oxygen atoms in total. The summed E-state index contributed by atoms with van der Waals surface area (Å²) in [7, 11) is 0. The highest BCUT2D eigenvalue weighted by molar-refractivity contribution is 5.83. The number of rotatable bonds is 6. The van der Waals surface area contributed by atoms with E-state index in [1.165, 1.54) is 5.56 Å². The van der Waals surface area contributed by atoms with Gasteiger partial charge in [-0.1, -0.05) is 0 Å². The number of likely N-dealkylation sites (tertiary alicyclic amines) is 2. The molecule has 3 aromatic heterocycles. The lowest BCUT2D eigenvalue weighted by molar-refractivity contribution is -0.137. The summed E-state index contributed by atoms with van der Waals surface area (Å²) in [6.07, 6.45) is 7.03. The third-order valence-corrected chi connectivity index (χ3v) is 7.10. The lowest BCUT2D eigenvalue weighted by Crippen LogP contribution is -2.46. The monoisotopic (exact) mass is 484 g/mol. The van der Waals surface area contributed by atoms with Gasteiger partial charge in [-0.3, -0.25) is 19.8 Å². The minimum Gasteiger partial charge on any atom is -0.439 e. The molecule has 0 bridgehead atoms. The maximum absolute atomic E-state index is 12.1. The lowest BCUT2D eigenvalue weighted by atomic mass is 10.0. The highest BCUT2D eigenvalue weighted by Crippen LogP contribution is 2.27. The Balaban J connectivity index is 1.07. The Bertz CT molecular complexity index is 1350. The minimum atomic E-state index is -0.804. The average Bonchev–Trinajstić information content (AvgIpc) is 3.56. The van der Waals surface area contributed by atoms with Crippen LogP contribution in [0.25, 0.3) is 22.2 Å². The van der Waals surface area contributed by atoms with Gasteiger partial charge in [0.2, 0.25) is 5.88 Å². The van der Waals surface area contributed by atoms with E-state index >= 15 is 0 Å². The van der Waals surface area contributed by atoms with Gasteiger partial charge in [-0.25, -0.2) is 4.98 Å². The molecule has 6 rings (SSSR count). The highest BCUT2D eigenvalue weighted by Gasteiger charge is 2.35. The molecule has 4 aromatic rings. The Morgan fingerprint density at radius 1 is 1.00 bits per heavy atom. The molecule has 9 heteroatoms. The van der Waals surface area contributed by atoms with Gasteiger partial charge >= 0.3 is 0 Å². The van der Waals surface area contributed by atoms with Gasteiger partial charge in [0.05, 0.1) is 11.2 Å². The zero-order chi connectivity index (χ0) is 24.5. The summed E-state index contributed by atoms with van der Waals surface area (Å²) in [6.45, 7) is 3.37. The van der Waals surface area contributed by atoms with Crippen molar-refractivity contribution in [2.75, 3.05) is 19.6 Å². The van der Waals surface area contributed by atoms with Gasteiger partial charge in [0.15, 0.2) is 0 Å². The number of hydrogen-bond acceptors (Lipinski definition) is 7. The molecule has 0 radical (unpaired) electrons. The topological polar surface area (TPSA) is 107 Å². The predicted molar refractivity (Wildman–Crippen MR) is 134 cm³/mol. The van der Waals surface area contributed by atoms with Crippen LogP contribution in [0.5, 0.6) is 11.6 Å². The number of aromatic nitrogens is 4. The van der Waals surface area contributed by atoms with Crippen molar-refractivity contribution in [3.8, 4) is 22.9 Å². The number of aliphatic hydroxyl groups is 1. The second-order valence-electron chi connectivity index (χ2n) is 9.50. The molecule has 0 aliphatic carbocycles. The number of benzene rings is 1. The summed E-state index contributed by atoms with van der Waals surface area (Å²) in [5.74, 6) is 1.11. The van der Waals surface area contributed by atoms with Crippen molar-refractivity contribution in [2.45, 2.75) is 38.0 Å². The zero-order valence-corrected chi connectivity index (χ0v) is 19.9. The molecule has 2 aliphatic heterocycles. The number of hydrogen-bond donors (Lipinski definition) is 2. The molecule has 1 aromatic carbocycles. The number of ether oxygens (including phenoxy) is 1. The van der Waals surface area contributed by atoms with Crippen LogP contribution in [0.1, 0.15) is 24.8 Å². The van der Waals surface area contributed by atoms with Crippen LogP contribution in [-0.4, -0.2) is 72.8 Å². The molecule has 1 atom stereocenters. The number of pyridine rings is 2. The van der Waals surface area contributed by atoms with Gasteiger partial charge in [0.1, 0.15) is 11.9 Å². The fraction of sp³-hybridized carbons (Fsp3) is 0.333. The van der Waals surface area contributed by atoms with E-state index in [4.69, 9.17) is 4.74 Å². The van der Waals surface area contributed by atoms with Gasteiger partial charge in [-0.2, -0.15) is 5.10 Å². The Labute approximate surface area is 208 Å². The van der Waals surface area contributed by atoms with Crippen molar-refractivity contribution < 1.29 is 14.6 Å². The molecule has 0 saturated carbocycles. The fourth-order valence-electron chi connectivity index (χ4n) is 5.13. The summed E-state index contributed by atoms with van der Waals surface area (Å²) in [5.41, 5.74) is 3.89. The number of nitrogens with zero attached hydrogens (tertiary/aromatic N) is 5. The smallest absolute Gasteiger partial charge is 0.251 e. The highest BCUT2D eigenvalue weighted by atomic mass is 16.5. The third kappa shape index (κ3) is 4.67. The Hall–Kier alpha value is -3.82. The van der Waals surface area contributed by atoms with E-state index in [2.05, 4.69) is 31.1 Å². The molecule has 2 fully saturated rings. The molecule has 2 saturated heterocycles. The van der Waals surface area contributed by atoms with Crippen LogP contribution in [0.2, 0.25) is 0 Å².